The lowest BCUT2D eigenvalue weighted by Crippen LogP contribution is -2.41. The van der Waals surface area contributed by atoms with Gasteiger partial charge in [-0.25, -0.2) is 13.6 Å². The summed E-state index contributed by atoms with van der Waals surface area (Å²) in [7, 11) is 0. The van der Waals surface area contributed by atoms with Gasteiger partial charge < -0.3 is 15.0 Å². The molecular formula is C16H19F2IN2O3. The number of amides is 2. The molecule has 1 N–H and O–H groups in total. The van der Waals surface area contributed by atoms with Crippen LogP contribution in [0.1, 0.15) is 37.6 Å². The maximum Gasteiger partial charge on any atom is 0.407 e. The molecule has 132 valence electrons. The molecule has 8 heteroatoms. The molecule has 0 saturated carbocycles. The van der Waals surface area contributed by atoms with Crippen molar-refractivity contribution in [2.24, 2.45) is 0 Å². The van der Waals surface area contributed by atoms with Gasteiger partial charge in [-0.15, -0.1) is 0 Å². The van der Waals surface area contributed by atoms with Crippen LogP contribution in [0.15, 0.2) is 12.1 Å². The molecule has 1 aliphatic rings. The van der Waals surface area contributed by atoms with Crippen LogP contribution in [0.2, 0.25) is 0 Å². The first kappa shape index (κ1) is 18.9. The fraction of sp³-hybridized carbons (Fsp3) is 0.500. The Kier molecular flexibility index (Phi) is 5.67. The number of hydrogen-bond donors (Lipinski definition) is 1. The van der Waals surface area contributed by atoms with Crippen molar-refractivity contribution < 1.29 is 23.1 Å². The summed E-state index contributed by atoms with van der Waals surface area (Å²) in [6, 6.07) is 2.04. The number of halogens is 3. The molecule has 0 aromatic heterocycles. The summed E-state index contributed by atoms with van der Waals surface area (Å²) in [5.74, 6) is -2.46. The number of alkyl carbamates (subject to hydrolysis) is 1. The van der Waals surface area contributed by atoms with E-state index in [4.69, 9.17) is 4.74 Å². The second kappa shape index (κ2) is 7.20. The van der Waals surface area contributed by atoms with Gasteiger partial charge in [-0.3, -0.25) is 4.79 Å². The first-order valence-corrected chi connectivity index (χ1v) is 8.58. The van der Waals surface area contributed by atoms with Crippen LogP contribution in [0.25, 0.3) is 0 Å². The van der Waals surface area contributed by atoms with Gasteiger partial charge in [0.2, 0.25) is 0 Å². The standard InChI is InChI=1S/C16H19F2IN2O3/c1-16(2,3)24-15(23)20-9-6-7-21(8-9)14(22)12-10(17)4-5-11(19)13(12)18/h4-5,9H,6-8H2,1-3H3,(H,20,23)/t9-/m1/s1. The third-order valence-electron chi connectivity index (χ3n) is 3.45. The van der Waals surface area contributed by atoms with Crippen LogP contribution in [0, 0.1) is 15.2 Å². The number of nitrogens with zero attached hydrogens (tertiary/aromatic N) is 1. The summed E-state index contributed by atoms with van der Waals surface area (Å²) in [4.78, 5) is 25.5. The van der Waals surface area contributed by atoms with E-state index in [0.717, 1.165) is 6.07 Å². The van der Waals surface area contributed by atoms with Gasteiger partial charge in [0.25, 0.3) is 5.91 Å². The maximum atomic E-state index is 14.1. The number of carbonyl (C=O) groups is 2. The van der Waals surface area contributed by atoms with Gasteiger partial charge in [-0.1, -0.05) is 0 Å². The van der Waals surface area contributed by atoms with Gasteiger partial charge in [0.15, 0.2) is 5.82 Å². The van der Waals surface area contributed by atoms with Crippen molar-refractivity contribution in [2.75, 3.05) is 13.1 Å². The second-order valence-corrected chi connectivity index (χ2v) is 7.76. The molecule has 1 saturated heterocycles. The molecule has 1 aromatic rings. The predicted molar refractivity (Wildman–Crippen MR) is 92.8 cm³/mol. The highest BCUT2D eigenvalue weighted by atomic mass is 127. The third kappa shape index (κ3) is 4.55. The van der Waals surface area contributed by atoms with Crippen LogP contribution >= 0.6 is 22.6 Å². The van der Waals surface area contributed by atoms with Gasteiger partial charge in [0.1, 0.15) is 17.0 Å². The molecule has 0 aliphatic carbocycles. The average molecular weight is 452 g/mol. The van der Waals surface area contributed by atoms with Gasteiger partial charge in [0.05, 0.1) is 6.04 Å². The van der Waals surface area contributed by atoms with Crippen LogP contribution < -0.4 is 5.32 Å². The SMILES string of the molecule is CC(C)(C)OC(=O)N[C@@H]1CCN(C(=O)c2c(F)ccc(I)c2F)C1. The Morgan fingerprint density at radius 3 is 2.62 bits per heavy atom. The van der Waals surface area contributed by atoms with Gasteiger partial charge in [0, 0.05) is 16.7 Å². The summed E-state index contributed by atoms with van der Waals surface area (Å²) < 4.78 is 33.3. The molecule has 0 spiro atoms. The van der Waals surface area contributed by atoms with Crippen molar-refractivity contribution in [3.63, 3.8) is 0 Å². The van der Waals surface area contributed by atoms with Gasteiger partial charge in [-0.05, 0) is 61.9 Å². The summed E-state index contributed by atoms with van der Waals surface area (Å²) in [6.45, 7) is 5.74. The Balaban J connectivity index is 2.02. The van der Waals surface area contributed by atoms with E-state index in [9.17, 15) is 18.4 Å². The molecule has 1 aromatic carbocycles. The normalized spacial score (nSPS) is 17.8. The van der Waals surface area contributed by atoms with Crippen molar-refractivity contribution in [2.45, 2.75) is 38.8 Å². The van der Waals surface area contributed by atoms with Gasteiger partial charge >= 0.3 is 6.09 Å². The highest BCUT2D eigenvalue weighted by Crippen LogP contribution is 2.22. The molecule has 5 nitrogen and oxygen atoms in total. The molecule has 1 atom stereocenters. The Morgan fingerprint density at radius 1 is 1.33 bits per heavy atom. The minimum atomic E-state index is -0.888. The van der Waals surface area contributed by atoms with E-state index in [2.05, 4.69) is 5.32 Å². The van der Waals surface area contributed by atoms with Crippen LogP contribution in [-0.2, 0) is 4.74 Å². The van der Waals surface area contributed by atoms with Crippen molar-refractivity contribution >= 4 is 34.6 Å². The Labute approximate surface area is 152 Å². The number of nitrogens with one attached hydrogen (secondary N) is 1. The maximum absolute atomic E-state index is 14.1. The van der Waals surface area contributed by atoms with Crippen molar-refractivity contribution in [3.8, 4) is 0 Å². The zero-order chi connectivity index (χ0) is 18.1. The number of carbonyl (C=O) groups excluding carboxylic acids is 2. The zero-order valence-electron chi connectivity index (χ0n) is 13.7. The van der Waals surface area contributed by atoms with E-state index < -0.39 is 34.8 Å². The predicted octanol–water partition coefficient (Wildman–Crippen LogP) is 3.31. The summed E-state index contributed by atoms with van der Waals surface area (Å²) >= 11 is 1.71. The Morgan fingerprint density at radius 2 is 2.00 bits per heavy atom. The molecule has 1 fully saturated rings. The van der Waals surface area contributed by atoms with E-state index in [-0.39, 0.29) is 16.2 Å². The summed E-state index contributed by atoms with van der Waals surface area (Å²) in [6.07, 6.45) is -0.0774. The molecule has 0 bridgehead atoms. The van der Waals surface area contributed by atoms with Gasteiger partial charge in [-0.2, -0.15) is 0 Å². The van der Waals surface area contributed by atoms with Crippen LogP contribution in [0.3, 0.4) is 0 Å². The molecule has 0 radical (unpaired) electrons. The summed E-state index contributed by atoms with van der Waals surface area (Å²) in [5, 5.41) is 2.67. The fourth-order valence-electron chi connectivity index (χ4n) is 2.42. The van der Waals surface area contributed by atoms with Crippen molar-refractivity contribution in [1.82, 2.24) is 10.2 Å². The molecule has 1 aliphatic heterocycles. The molecule has 1 heterocycles. The number of hydrogen-bond acceptors (Lipinski definition) is 3. The molecule has 0 unspecified atom stereocenters. The highest BCUT2D eigenvalue weighted by Gasteiger charge is 2.32. The second-order valence-electron chi connectivity index (χ2n) is 6.60. The number of benzene rings is 1. The quantitative estimate of drug-likeness (QED) is 0.554. The average Bonchev–Trinajstić information content (AvgIpc) is 2.89. The summed E-state index contributed by atoms with van der Waals surface area (Å²) in [5.41, 5.74) is -1.18. The zero-order valence-corrected chi connectivity index (χ0v) is 15.8. The number of likely N-dealkylation sites (tertiary alicyclic amines) is 1. The smallest absolute Gasteiger partial charge is 0.407 e. The van der Waals surface area contributed by atoms with E-state index in [0.29, 0.717) is 13.0 Å². The minimum Gasteiger partial charge on any atom is -0.444 e. The monoisotopic (exact) mass is 452 g/mol. The lowest BCUT2D eigenvalue weighted by molar-refractivity contribution is 0.0501. The molecular weight excluding hydrogens is 433 g/mol. The van der Waals surface area contributed by atoms with Crippen LogP contribution in [0.4, 0.5) is 13.6 Å². The first-order chi connectivity index (χ1) is 11.1. The van der Waals surface area contributed by atoms with E-state index in [1.165, 1.54) is 11.0 Å². The fourth-order valence-corrected chi connectivity index (χ4v) is 2.87. The number of rotatable bonds is 2. The minimum absolute atomic E-state index is 0.181. The van der Waals surface area contributed by atoms with Crippen LogP contribution in [-0.4, -0.2) is 41.6 Å². The lowest BCUT2D eigenvalue weighted by atomic mass is 10.1. The topological polar surface area (TPSA) is 58.6 Å². The van der Waals surface area contributed by atoms with E-state index in [1.807, 2.05) is 0 Å². The molecule has 24 heavy (non-hydrogen) atoms. The lowest BCUT2D eigenvalue weighted by Gasteiger charge is -2.22. The molecule has 2 rings (SSSR count). The van der Waals surface area contributed by atoms with Crippen molar-refractivity contribution in [3.05, 3.63) is 32.9 Å². The highest BCUT2D eigenvalue weighted by molar-refractivity contribution is 14.1. The van der Waals surface area contributed by atoms with Crippen LogP contribution in [0.5, 0.6) is 0 Å². The number of ether oxygens (including phenoxy) is 1. The molecule has 2 amide bonds. The largest absolute Gasteiger partial charge is 0.444 e. The van der Waals surface area contributed by atoms with E-state index >= 15 is 0 Å². The Hall–Kier alpha value is -1.45. The Bertz CT molecular complexity index is 661. The third-order valence-corrected chi connectivity index (χ3v) is 4.29. The van der Waals surface area contributed by atoms with E-state index in [1.54, 1.807) is 43.4 Å². The van der Waals surface area contributed by atoms with Crippen molar-refractivity contribution in [1.29, 1.82) is 0 Å². The first-order valence-electron chi connectivity index (χ1n) is 7.51.